The van der Waals surface area contributed by atoms with E-state index in [-0.39, 0.29) is 5.60 Å². The molecule has 0 saturated carbocycles. The van der Waals surface area contributed by atoms with Gasteiger partial charge < -0.3 is 4.74 Å². The quantitative estimate of drug-likeness (QED) is 0.555. The van der Waals surface area contributed by atoms with Crippen molar-refractivity contribution in [3.63, 3.8) is 0 Å². The predicted molar refractivity (Wildman–Crippen MR) is 112 cm³/mol. The lowest BCUT2D eigenvalue weighted by atomic mass is 9.80. The van der Waals surface area contributed by atoms with Gasteiger partial charge in [-0.15, -0.1) is 0 Å². The fourth-order valence-corrected chi connectivity index (χ4v) is 4.40. The molecule has 1 nitrogen and oxygen atoms in total. The lowest BCUT2D eigenvalue weighted by Gasteiger charge is -2.35. The zero-order valence-corrected chi connectivity index (χ0v) is 16.8. The van der Waals surface area contributed by atoms with E-state index < -0.39 is 0 Å². The van der Waals surface area contributed by atoms with Crippen molar-refractivity contribution >= 4 is 5.57 Å². The third-order valence-corrected chi connectivity index (χ3v) is 6.14. The van der Waals surface area contributed by atoms with Crippen molar-refractivity contribution < 1.29 is 4.74 Å². The molecule has 26 heavy (non-hydrogen) atoms. The first kappa shape index (κ1) is 18.9. The molecule has 1 aromatic carbocycles. The van der Waals surface area contributed by atoms with Gasteiger partial charge in [0.25, 0.3) is 0 Å². The highest BCUT2D eigenvalue weighted by molar-refractivity contribution is 5.92. The number of benzene rings is 1. The Kier molecular flexibility index (Phi) is 5.98. The number of methoxy groups -OCH3 is 1. The maximum Gasteiger partial charge on any atom is 0.0713 e. The summed E-state index contributed by atoms with van der Waals surface area (Å²) >= 11 is 0. The van der Waals surface area contributed by atoms with Gasteiger partial charge in [0.1, 0.15) is 0 Å². The molecule has 1 aromatic rings. The van der Waals surface area contributed by atoms with Crippen LogP contribution in [-0.2, 0) is 4.74 Å². The second kappa shape index (κ2) is 8.22. The number of ether oxygens (including phenoxy) is 1. The normalized spacial score (nSPS) is 26.7. The van der Waals surface area contributed by atoms with E-state index >= 15 is 0 Å². The van der Waals surface area contributed by atoms with Gasteiger partial charge in [0.05, 0.1) is 5.60 Å². The first-order valence-electron chi connectivity index (χ1n) is 10.1. The summed E-state index contributed by atoms with van der Waals surface area (Å²) in [5.41, 5.74) is 8.82. The van der Waals surface area contributed by atoms with E-state index in [1.807, 2.05) is 7.11 Å². The van der Waals surface area contributed by atoms with Crippen LogP contribution < -0.4 is 0 Å². The number of hydrogen-bond acceptors (Lipinski definition) is 1. The third kappa shape index (κ3) is 3.50. The SMILES string of the molecule is CC=C1CC(C2=CCC(CC)(OC)CC2)=C(c2ccccc2)C1=CCC. The Hall–Kier alpha value is -1.86. The Morgan fingerprint density at radius 1 is 1.15 bits per heavy atom. The maximum atomic E-state index is 5.87. The monoisotopic (exact) mass is 348 g/mol. The average Bonchev–Trinajstić information content (AvgIpc) is 3.07. The molecule has 0 radical (unpaired) electrons. The Morgan fingerprint density at radius 3 is 2.46 bits per heavy atom. The van der Waals surface area contributed by atoms with Crippen LogP contribution in [0.2, 0.25) is 0 Å². The van der Waals surface area contributed by atoms with E-state index in [0.717, 1.165) is 38.5 Å². The summed E-state index contributed by atoms with van der Waals surface area (Å²) in [5, 5.41) is 0. The van der Waals surface area contributed by atoms with Crippen LogP contribution in [0.1, 0.15) is 64.9 Å². The zero-order valence-electron chi connectivity index (χ0n) is 16.8. The van der Waals surface area contributed by atoms with Crippen LogP contribution in [-0.4, -0.2) is 12.7 Å². The van der Waals surface area contributed by atoms with Crippen molar-refractivity contribution in [2.75, 3.05) is 7.11 Å². The third-order valence-electron chi connectivity index (χ3n) is 6.14. The summed E-state index contributed by atoms with van der Waals surface area (Å²) in [5.74, 6) is 0. The molecular formula is C25H32O. The largest absolute Gasteiger partial charge is 0.378 e. The van der Waals surface area contributed by atoms with Gasteiger partial charge in [0.15, 0.2) is 0 Å². The summed E-state index contributed by atoms with van der Waals surface area (Å²) in [6, 6.07) is 10.9. The first-order valence-corrected chi connectivity index (χ1v) is 10.1. The van der Waals surface area contributed by atoms with Crippen LogP contribution in [0.5, 0.6) is 0 Å². The molecule has 0 bridgehead atoms. The fourth-order valence-electron chi connectivity index (χ4n) is 4.40. The van der Waals surface area contributed by atoms with Crippen molar-refractivity contribution in [1.82, 2.24) is 0 Å². The lowest BCUT2D eigenvalue weighted by Crippen LogP contribution is -2.32. The van der Waals surface area contributed by atoms with Gasteiger partial charge >= 0.3 is 0 Å². The van der Waals surface area contributed by atoms with Crippen molar-refractivity contribution in [2.24, 2.45) is 0 Å². The molecule has 2 aliphatic carbocycles. The molecule has 0 amide bonds. The van der Waals surface area contributed by atoms with Crippen LogP contribution in [0, 0.1) is 0 Å². The Labute approximate surface area is 159 Å². The van der Waals surface area contributed by atoms with Gasteiger partial charge in [-0.3, -0.25) is 0 Å². The van der Waals surface area contributed by atoms with Gasteiger partial charge in [-0.25, -0.2) is 0 Å². The van der Waals surface area contributed by atoms with Gasteiger partial charge in [0, 0.05) is 7.11 Å². The van der Waals surface area contributed by atoms with E-state index in [1.165, 1.54) is 33.4 Å². The molecule has 1 unspecified atom stereocenters. The molecule has 0 fully saturated rings. The van der Waals surface area contributed by atoms with Crippen LogP contribution in [0.15, 0.2) is 70.9 Å². The van der Waals surface area contributed by atoms with Crippen LogP contribution in [0.25, 0.3) is 5.57 Å². The first-order chi connectivity index (χ1) is 12.7. The van der Waals surface area contributed by atoms with Crippen LogP contribution >= 0.6 is 0 Å². The minimum absolute atomic E-state index is 0.0427. The second-order valence-corrected chi connectivity index (χ2v) is 7.41. The Balaban J connectivity index is 2.08. The topological polar surface area (TPSA) is 9.23 Å². The molecule has 0 aromatic heterocycles. The molecule has 138 valence electrons. The smallest absolute Gasteiger partial charge is 0.0713 e. The van der Waals surface area contributed by atoms with Crippen molar-refractivity contribution in [2.45, 2.75) is 64.9 Å². The Bertz CT molecular complexity index is 755. The number of hydrogen-bond donors (Lipinski definition) is 0. The summed E-state index contributed by atoms with van der Waals surface area (Å²) in [4.78, 5) is 0. The van der Waals surface area contributed by atoms with E-state index in [4.69, 9.17) is 4.74 Å². The fraction of sp³-hybridized carbons (Fsp3) is 0.440. The maximum absolute atomic E-state index is 5.87. The lowest BCUT2D eigenvalue weighted by molar-refractivity contribution is -0.0212. The van der Waals surface area contributed by atoms with Crippen molar-refractivity contribution in [3.8, 4) is 0 Å². The molecule has 2 aliphatic rings. The minimum Gasteiger partial charge on any atom is -0.378 e. The molecule has 0 N–H and O–H groups in total. The summed E-state index contributed by atoms with van der Waals surface area (Å²) in [6.07, 6.45) is 13.6. The van der Waals surface area contributed by atoms with Gasteiger partial charge in [-0.1, -0.05) is 62.4 Å². The highest BCUT2D eigenvalue weighted by atomic mass is 16.5. The van der Waals surface area contributed by atoms with E-state index in [0.29, 0.717) is 0 Å². The highest BCUT2D eigenvalue weighted by Gasteiger charge is 2.33. The van der Waals surface area contributed by atoms with Crippen molar-refractivity contribution in [3.05, 3.63) is 76.4 Å². The minimum atomic E-state index is 0.0427. The molecular weight excluding hydrogens is 316 g/mol. The van der Waals surface area contributed by atoms with Crippen LogP contribution in [0.3, 0.4) is 0 Å². The van der Waals surface area contributed by atoms with Gasteiger partial charge in [-0.05, 0) is 78.9 Å². The number of allylic oxidation sites excluding steroid dienone is 7. The molecule has 1 heteroatoms. The van der Waals surface area contributed by atoms with E-state index in [9.17, 15) is 0 Å². The van der Waals surface area contributed by atoms with Crippen molar-refractivity contribution in [1.29, 1.82) is 0 Å². The molecule has 0 aliphatic heterocycles. The molecule has 0 heterocycles. The van der Waals surface area contributed by atoms with Crippen LogP contribution in [0.4, 0.5) is 0 Å². The van der Waals surface area contributed by atoms with Gasteiger partial charge in [-0.2, -0.15) is 0 Å². The summed E-state index contributed by atoms with van der Waals surface area (Å²) in [6.45, 7) is 6.65. The number of rotatable bonds is 5. The van der Waals surface area contributed by atoms with Gasteiger partial charge in [0.2, 0.25) is 0 Å². The molecule has 3 rings (SSSR count). The highest BCUT2D eigenvalue weighted by Crippen LogP contribution is 2.48. The standard InChI is InChI=1S/C25H32O/c1-5-11-22-19(6-2)18-23(24(22)21-12-9-8-10-13-21)20-14-16-25(7-3,26-4)17-15-20/h6,8-14H,5,7,15-18H2,1-4H3. The summed E-state index contributed by atoms with van der Waals surface area (Å²) < 4.78 is 5.87. The molecule has 0 saturated heterocycles. The molecule has 0 spiro atoms. The van der Waals surface area contributed by atoms with E-state index in [1.54, 1.807) is 0 Å². The summed E-state index contributed by atoms with van der Waals surface area (Å²) in [7, 11) is 1.87. The second-order valence-electron chi connectivity index (χ2n) is 7.41. The predicted octanol–water partition coefficient (Wildman–Crippen LogP) is 7.03. The average molecular weight is 349 g/mol. The van der Waals surface area contributed by atoms with E-state index in [2.05, 4.69) is 69.3 Å². The zero-order chi connectivity index (χ0) is 18.6. The Morgan fingerprint density at radius 2 is 1.92 bits per heavy atom. The molecule has 1 atom stereocenters.